The van der Waals surface area contributed by atoms with Gasteiger partial charge in [-0.05, 0) is 31.0 Å². The Bertz CT molecular complexity index is 231. The number of aryl methyl sites for hydroxylation is 2. The summed E-state index contributed by atoms with van der Waals surface area (Å²) >= 11 is 0. The van der Waals surface area contributed by atoms with Gasteiger partial charge < -0.3 is 9.84 Å². The van der Waals surface area contributed by atoms with Crippen LogP contribution >= 0.6 is 0 Å². The first-order chi connectivity index (χ1) is 5.74. The van der Waals surface area contributed by atoms with Crippen molar-refractivity contribution in [2.24, 2.45) is 0 Å². The van der Waals surface area contributed by atoms with Crippen molar-refractivity contribution in [3.63, 3.8) is 0 Å². The molecule has 0 heterocycles. The molecule has 68 valence electrons. The molecule has 0 saturated heterocycles. The van der Waals surface area contributed by atoms with Gasteiger partial charge in [0.1, 0.15) is 5.75 Å². The van der Waals surface area contributed by atoms with Crippen LogP contribution < -0.4 is 4.74 Å². The predicted molar refractivity (Wildman–Crippen MR) is 50.6 cm³/mol. The van der Waals surface area contributed by atoms with E-state index < -0.39 is 0 Å². The molecule has 1 rings (SSSR count). The fourth-order valence-corrected chi connectivity index (χ4v) is 0.927. The maximum Gasteiger partial charge on any atom is 0.122 e. The molecule has 2 heteroatoms. The second-order valence-electron chi connectivity index (χ2n) is 2.47. The molecule has 12 heavy (non-hydrogen) atoms. The molecular weight excluding hydrogens is 152 g/mol. The summed E-state index contributed by atoms with van der Waals surface area (Å²) in [5, 5.41) is 7.00. The van der Waals surface area contributed by atoms with Crippen LogP contribution in [-0.4, -0.2) is 19.3 Å². The Kier molecular flexibility index (Phi) is 5.13. The van der Waals surface area contributed by atoms with Crippen molar-refractivity contribution in [3.8, 4) is 5.75 Å². The van der Waals surface area contributed by atoms with Gasteiger partial charge >= 0.3 is 0 Å². The normalized spacial score (nSPS) is 8.42. The number of methoxy groups -OCH3 is 1. The molecule has 0 aliphatic carbocycles. The molecule has 1 aromatic rings. The maximum absolute atomic E-state index is 7.00. The van der Waals surface area contributed by atoms with Crippen LogP contribution in [0.25, 0.3) is 0 Å². The zero-order valence-electron chi connectivity index (χ0n) is 8.09. The van der Waals surface area contributed by atoms with Gasteiger partial charge in [0.25, 0.3) is 0 Å². The molecule has 0 atom stereocenters. The third kappa shape index (κ3) is 2.93. The molecule has 0 radical (unpaired) electrons. The Balaban J connectivity index is 0.000000561. The quantitative estimate of drug-likeness (QED) is 0.694. The molecule has 0 amide bonds. The van der Waals surface area contributed by atoms with E-state index in [1.807, 2.05) is 13.0 Å². The molecule has 0 saturated carbocycles. The summed E-state index contributed by atoms with van der Waals surface area (Å²) in [6.07, 6.45) is 0. The van der Waals surface area contributed by atoms with E-state index in [1.54, 1.807) is 7.11 Å². The van der Waals surface area contributed by atoms with E-state index in [4.69, 9.17) is 9.84 Å². The average molecular weight is 168 g/mol. The molecule has 0 aliphatic heterocycles. The lowest BCUT2D eigenvalue weighted by Gasteiger charge is -2.03. The van der Waals surface area contributed by atoms with Gasteiger partial charge in [-0.25, -0.2) is 0 Å². The van der Waals surface area contributed by atoms with E-state index in [-0.39, 0.29) is 0 Å². The molecule has 0 aromatic heterocycles. The van der Waals surface area contributed by atoms with Crippen LogP contribution in [0.15, 0.2) is 18.2 Å². The highest BCUT2D eigenvalue weighted by atomic mass is 16.5. The van der Waals surface area contributed by atoms with Crippen LogP contribution in [-0.2, 0) is 0 Å². The molecule has 0 aliphatic rings. The minimum atomic E-state index is 0.972. The topological polar surface area (TPSA) is 29.5 Å². The Morgan fingerprint density at radius 3 is 2.17 bits per heavy atom. The van der Waals surface area contributed by atoms with Crippen molar-refractivity contribution in [1.82, 2.24) is 0 Å². The molecule has 0 unspecified atom stereocenters. The SMILES string of the molecule is CO.COc1cc(C)ccc1C. The maximum atomic E-state index is 7.00. The van der Waals surface area contributed by atoms with Gasteiger partial charge in [-0.15, -0.1) is 0 Å². The fourth-order valence-electron chi connectivity index (χ4n) is 0.927. The van der Waals surface area contributed by atoms with Gasteiger partial charge in [0, 0.05) is 7.11 Å². The monoisotopic (exact) mass is 168 g/mol. The van der Waals surface area contributed by atoms with Crippen LogP contribution in [0.5, 0.6) is 5.75 Å². The van der Waals surface area contributed by atoms with Crippen LogP contribution in [0.2, 0.25) is 0 Å². The highest BCUT2D eigenvalue weighted by Gasteiger charge is 1.94. The lowest BCUT2D eigenvalue weighted by Crippen LogP contribution is -1.86. The van der Waals surface area contributed by atoms with E-state index >= 15 is 0 Å². The molecular formula is C10H16O2. The van der Waals surface area contributed by atoms with Crippen LogP contribution in [0, 0.1) is 13.8 Å². The Hall–Kier alpha value is -1.02. The second kappa shape index (κ2) is 5.61. The molecule has 0 spiro atoms. The molecule has 0 bridgehead atoms. The zero-order chi connectivity index (χ0) is 9.56. The Labute approximate surface area is 73.8 Å². The van der Waals surface area contributed by atoms with E-state index in [0.717, 1.165) is 12.9 Å². The summed E-state index contributed by atoms with van der Waals surface area (Å²) in [6, 6.07) is 6.18. The lowest BCUT2D eigenvalue weighted by atomic mass is 10.1. The summed E-state index contributed by atoms with van der Waals surface area (Å²) in [4.78, 5) is 0. The predicted octanol–water partition coefficient (Wildman–Crippen LogP) is 1.92. The van der Waals surface area contributed by atoms with Crippen molar-refractivity contribution in [1.29, 1.82) is 0 Å². The van der Waals surface area contributed by atoms with Crippen molar-refractivity contribution < 1.29 is 9.84 Å². The minimum absolute atomic E-state index is 0.972. The summed E-state index contributed by atoms with van der Waals surface area (Å²) in [6.45, 7) is 4.10. The number of ether oxygens (including phenoxy) is 1. The fraction of sp³-hybridized carbons (Fsp3) is 0.400. The first-order valence-electron chi connectivity index (χ1n) is 3.80. The molecule has 1 N–H and O–H groups in total. The van der Waals surface area contributed by atoms with Crippen molar-refractivity contribution in [2.45, 2.75) is 13.8 Å². The first kappa shape index (κ1) is 11.0. The highest BCUT2D eigenvalue weighted by Crippen LogP contribution is 2.17. The summed E-state index contributed by atoms with van der Waals surface area (Å²) in [5.74, 6) is 0.972. The molecule has 1 aromatic carbocycles. The number of hydrogen-bond donors (Lipinski definition) is 1. The zero-order valence-corrected chi connectivity index (χ0v) is 8.09. The smallest absolute Gasteiger partial charge is 0.122 e. The number of hydrogen-bond acceptors (Lipinski definition) is 2. The van der Waals surface area contributed by atoms with Crippen molar-refractivity contribution >= 4 is 0 Å². The van der Waals surface area contributed by atoms with Crippen LogP contribution in [0.1, 0.15) is 11.1 Å². The van der Waals surface area contributed by atoms with E-state index in [9.17, 15) is 0 Å². The second-order valence-corrected chi connectivity index (χ2v) is 2.47. The lowest BCUT2D eigenvalue weighted by molar-refractivity contribution is 0.399. The van der Waals surface area contributed by atoms with E-state index in [0.29, 0.717) is 0 Å². The van der Waals surface area contributed by atoms with Crippen molar-refractivity contribution in [2.75, 3.05) is 14.2 Å². The van der Waals surface area contributed by atoms with Crippen LogP contribution in [0.3, 0.4) is 0 Å². The van der Waals surface area contributed by atoms with Crippen molar-refractivity contribution in [3.05, 3.63) is 29.3 Å². The number of rotatable bonds is 1. The van der Waals surface area contributed by atoms with E-state index in [2.05, 4.69) is 19.1 Å². The summed E-state index contributed by atoms with van der Waals surface area (Å²) < 4.78 is 5.13. The Morgan fingerprint density at radius 1 is 1.17 bits per heavy atom. The Morgan fingerprint density at radius 2 is 1.75 bits per heavy atom. The number of aliphatic hydroxyl groups excluding tert-OH is 1. The number of benzene rings is 1. The third-order valence-electron chi connectivity index (χ3n) is 1.56. The van der Waals surface area contributed by atoms with E-state index in [1.165, 1.54) is 11.1 Å². The largest absolute Gasteiger partial charge is 0.496 e. The van der Waals surface area contributed by atoms with Gasteiger partial charge in [-0.1, -0.05) is 12.1 Å². The standard InChI is InChI=1S/C9H12O.CH4O/c1-7-4-5-8(2)9(6-7)10-3;1-2/h4-6H,1-3H3;2H,1H3. The average Bonchev–Trinajstić information content (AvgIpc) is 2.13. The first-order valence-corrected chi connectivity index (χ1v) is 3.80. The molecule has 2 nitrogen and oxygen atoms in total. The van der Waals surface area contributed by atoms with Gasteiger partial charge in [-0.2, -0.15) is 0 Å². The van der Waals surface area contributed by atoms with Gasteiger partial charge in [0.05, 0.1) is 7.11 Å². The van der Waals surface area contributed by atoms with Crippen LogP contribution in [0.4, 0.5) is 0 Å². The third-order valence-corrected chi connectivity index (χ3v) is 1.56. The molecule has 0 fully saturated rings. The summed E-state index contributed by atoms with van der Waals surface area (Å²) in [7, 11) is 2.70. The van der Waals surface area contributed by atoms with Gasteiger partial charge in [0.15, 0.2) is 0 Å². The summed E-state index contributed by atoms with van der Waals surface area (Å²) in [5.41, 5.74) is 2.43. The minimum Gasteiger partial charge on any atom is -0.496 e. The highest BCUT2D eigenvalue weighted by molar-refractivity contribution is 5.35. The van der Waals surface area contributed by atoms with Gasteiger partial charge in [0.2, 0.25) is 0 Å². The van der Waals surface area contributed by atoms with Gasteiger partial charge in [-0.3, -0.25) is 0 Å². The number of aliphatic hydroxyl groups is 1.